The summed E-state index contributed by atoms with van der Waals surface area (Å²) >= 11 is 0. The topological polar surface area (TPSA) is 95.6 Å². The van der Waals surface area contributed by atoms with Gasteiger partial charge in [-0.3, -0.25) is 4.79 Å². The van der Waals surface area contributed by atoms with Gasteiger partial charge in [-0.05, 0) is 49.2 Å². The van der Waals surface area contributed by atoms with Crippen LogP contribution in [0.3, 0.4) is 0 Å². The number of fused-ring (bicyclic) bond motifs is 1. The molecule has 5 rings (SSSR count). The van der Waals surface area contributed by atoms with Gasteiger partial charge < -0.3 is 15.3 Å². The zero-order chi connectivity index (χ0) is 18.4. The Bertz CT molecular complexity index is 1200. The number of rotatable bonds is 4. The zero-order valence-electron chi connectivity index (χ0n) is 14.4. The molecule has 0 spiro atoms. The smallest absolute Gasteiger partial charge is 0.321 e. The zero-order valence-corrected chi connectivity index (χ0v) is 14.4. The van der Waals surface area contributed by atoms with Crippen molar-refractivity contribution in [3.05, 3.63) is 76.5 Å². The number of anilines is 1. The van der Waals surface area contributed by atoms with Crippen LogP contribution in [0.1, 0.15) is 34.9 Å². The molecule has 2 heterocycles. The predicted octanol–water partition coefficient (Wildman–Crippen LogP) is 3.17. The molecule has 2 aromatic heterocycles. The van der Waals surface area contributed by atoms with E-state index in [2.05, 4.69) is 20.4 Å². The summed E-state index contributed by atoms with van der Waals surface area (Å²) in [7, 11) is 0. The van der Waals surface area contributed by atoms with Crippen LogP contribution in [0.15, 0.2) is 59.4 Å². The number of hydrogen-bond donors (Lipinski definition) is 3. The van der Waals surface area contributed by atoms with Gasteiger partial charge in [0.05, 0.1) is 22.4 Å². The molecule has 27 heavy (non-hydrogen) atoms. The normalized spacial score (nSPS) is 13.8. The quantitative estimate of drug-likeness (QED) is 0.522. The molecular formula is C20H17N5O2. The van der Waals surface area contributed by atoms with Gasteiger partial charge in [0, 0.05) is 11.6 Å². The number of carbonyl (C=O) groups excluding carboxylic acids is 1. The Morgan fingerprint density at radius 1 is 1.04 bits per heavy atom. The minimum Gasteiger partial charge on any atom is -0.321 e. The van der Waals surface area contributed by atoms with E-state index in [0.29, 0.717) is 28.3 Å². The van der Waals surface area contributed by atoms with Crippen LogP contribution in [0, 0.1) is 0 Å². The van der Waals surface area contributed by atoms with Crippen molar-refractivity contribution in [1.82, 2.24) is 19.7 Å². The summed E-state index contributed by atoms with van der Waals surface area (Å²) in [4.78, 5) is 29.7. The van der Waals surface area contributed by atoms with Crippen LogP contribution in [0.5, 0.6) is 0 Å². The first-order chi connectivity index (χ1) is 13.2. The second-order valence-corrected chi connectivity index (χ2v) is 6.77. The largest absolute Gasteiger partial charge is 0.323 e. The number of nitrogens with zero attached hydrogens (tertiary/aromatic N) is 2. The Hall–Kier alpha value is -3.61. The van der Waals surface area contributed by atoms with Crippen LogP contribution < -0.4 is 11.0 Å². The number of hydrogen-bond acceptors (Lipinski definition) is 3. The van der Waals surface area contributed by atoms with E-state index in [1.807, 2.05) is 36.4 Å². The highest BCUT2D eigenvalue weighted by molar-refractivity contribution is 6.04. The van der Waals surface area contributed by atoms with Crippen molar-refractivity contribution in [2.75, 3.05) is 5.32 Å². The van der Waals surface area contributed by atoms with E-state index in [1.165, 1.54) is 0 Å². The molecule has 7 nitrogen and oxygen atoms in total. The molecule has 0 radical (unpaired) electrons. The molecule has 0 atom stereocenters. The van der Waals surface area contributed by atoms with E-state index in [4.69, 9.17) is 0 Å². The first-order valence-electron chi connectivity index (χ1n) is 8.86. The van der Waals surface area contributed by atoms with E-state index in [1.54, 1.807) is 22.9 Å². The summed E-state index contributed by atoms with van der Waals surface area (Å²) in [6, 6.07) is 16.8. The van der Waals surface area contributed by atoms with Crippen LogP contribution in [-0.2, 0) is 0 Å². The van der Waals surface area contributed by atoms with Gasteiger partial charge in [0.2, 0.25) is 0 Å². The van der Waals surface area contributed by atoms with Crippen molar-refractivity contribution in [2.45, 2.75) is 18.8 Å². The molecule has 3 N–H and O–H groups in total. The average molecular weight is 359 g/mol. The second-order valence-electron chi connectivity index (χ2n) is 6.77. The van der Waals surface area contributed by atoms with Gasteiger partial charge in [-0.1, -0.05) is 18.2 Å². The Morgan fingerprint density at radius 2 is 1.81 bits per heavy atom. The van der Waals surface area contributed by atoms with Crippen LogP contribution in [0.2, 0.25) is 0 Å². The molecule has 2 aromatic carbocycles. The van der Waals surface area contributed by atoms with Gasteiger partial charge in [0.15, 0.2) is 0 Å². The van der Waals surface area contributed by atoms with Crippen LogP contribution in [0.25, 0.3) is 16.7 Å². The van der Waals surface area contributed by atoms with Crippen LogP contribution in [-0.4, -0.2) is 25.7 Å². The van der Waals surface area contributed by atoms with Crippen molar-refractivity contribution in [2.24, 2.45) is 0 Å². The van der Waals surface area contributed by atoms with E-state index in [0.717, 1.165) is 24.2 Å². The molecule has 4 aromatic rings. The van der Waals surface area contributed by atoms with Crippen molar-refractivity contribution in [3.63, 3.8) is 0 Å². The van der Waals surface area contributed by atoms with Gasteiger partial charge in [-0.25, -0.2) is 9.48 Å². The third kappa shape index (κ3) is 2.93. The molecular weight excluding hydrogens is 342 g/mol. The number of amides is 1. The van der Waals surface area contributed by atoms with E-state index >= 15 is 0 Å². The molecule has 7 heteroatoms. The number of carbonyl (C=O) groups is 1. The van der Waals surface area contributed by atoms with Gasteiger partial charge >= 0.3 is 5.69 Å². The maximum Gasteiger partial charge on any atom is 0.323 e. The third-order valence-corrected chi connectivity index (χ3v) is 4.73. The lowest BCUT2D eigenvalue weighted by Crippen LogP contribution is -2.16. The Kier molecular flexibility index (Phi) is 3.46. The highest BCUT2D eigenvalue weighted by atomic mass is 16.2. The maximum absolute atomic E-state index is 13.0. The van der Waals surface area contributed by atoms with E-state index in [9.17, 15) is 9.59 Å². The summed E-state index contributed by atoms with van der Waals surface area (Å²) in [5, 5.41) is 7.57. The Labute approximate surface area is 154 Å². The first-order valence-corrected chi connectivity index (χ1v) is 8.86. The molecule has 134 valence electrons. The summed E-state index contributed by atoms with van der Waals surface area (Å²) in [5.74, 6) is 0.207. The maximum atomic E-state index is 13.0. The van der Waals surface area contributed by atoms with Gasteiger partial charge in [0.1, 0.15) is 5.69 Å². The lowest BCUT2D eigenvalue weighted by molar-refractivity contribution is 0.101. The van der Waals surface area contributed by atoms with Crippen molar-refractivity contribution in [1.29, 1.82) is 0 Å². The highest BCUT2D eigenvalue weighted by Gasteiger charge is 2.29. The number of H-pyrrole nitrogens is 2. The fraction of sp³-hybridized carbons (Fsp3) is 0.150. The van der Waals surface area contributed by atoms with Crippen LogP contribution >= 0.6 is 0 Å². The number of imidazole rings is 1. The second kappa shape index (κ2) is 5.98. The van der Waals surface area contributed by atoms with E-state index in [-0.39, 0.29) is 11.6 Å². The molecule has 0 unspecified atom stereocenters. The van der Waals surface area contributed by atoms with E-state index < -0.39 is 0 Å². The highest BCUT2D eigenvalue weighted by Crippen LogP contribution is 2.39. The Morgan fingerprint density at radius 3 is 2.59 bits per heavy atom. The molecule has 1 aliphatic carbocycles. The minimum absolute atomic E-state index is 0.240. The SMILES string of the molecule is O=C(Nc1ccc2[nH]c(=O)[nH]c2c1)c1cc(C2CC2)nn1-c1ccccc1. The van der Waals surface area contributed by atoms with Gasteiger partial charge in [-0.2, -0.15) is 5.10 Å². The van der Waals surface area contributed by atoms with Gasteiger partial charge in [-0.15, -0.1) is 0 Å². The summed E-state index contributed by atoms with van der Waals surface area (Å²) in [6.07, 6.45) is 2.23. The fourth-order valence-electron chi connectivity index (χ4n) is 3.21. The lowest BCUT2D eigenvalue weighted by atomic mass is 10.2. The molecule has 1 amide bonds. The number of aromatic nitrogens is 4. The molecule has 1 aliphatic rings. The van der Waals surface area contributed by atoms with Crippen molar-refractivity contribution >= 4 is 22.6 Å². The number of para-hydroxylation sites is 1. The van der Waals surface area contributed by atoms with Crippen molar-refractivity contribution < 1.29 is 4.79 Å². The average Bonchev–Trinajstić information content (AvgIpc) is 3.31. The fourth-order valence-corrected chi connectivity index (χ4v) is 3.21. The molecule has 1 fully saturated rings. The number of aromatic amines is 2. The molecule has 1 saturated carbocycles. The number of nitrogens with one attached hydrogen (secondary N) is 3. The first kappa shape index (κ1) is 15.6. The molecule has 0 bridgehead atoms. The number of benzene rings is 2. The van der Waals surface area contributed by atoms with Crippen molar-refractivity contribution in [3.8, 4) is 5.69 Å². The molecule has 0 aliphatic heterocycles. The predicted molar refractivity (Wildman–Crippen MR) is 102 cm³/mol. The summed E-state index contributed by atoms with van der Waals surface area (Å²) in [5.41, 5.74) is 3.97. The third-order valence-electron chi connectivity index (χ3n) is 4.73. The summed E-state index contributed by atoms with van der Waals surface area (Å²) < 4.78 is 1.69. The van der Waals surface area contributed by atoms with Gasteiger partial charge in [0.25, 0.3) is 5.91 Å². The van der Waals surface area contributed by atoms with Crippen LogP contribution in [0.4, 0.5) is 5.69 Å². The molecule has 0 saturated heterocycles. The lowest BCUT2D eigenvalue weighted by Gasteiger charge is -2.08. The monoisotopic (exact) mass is 359 g/mol. The minimum atomic E-state index is -0.273. The standard InChI is InChI=1S/C20H17N5O2/c26-19(21-13-8-9-15-17(10-13)23-20(27)22-15)18-11-16(12-6-7-12)24-25(18)14-4-2-1-3-5-14/h1-5,8-12H,6-7H2,(H,21,26)(H2,22,23,27). The summed E-state index contributed by atoms with van der Waals surface area (Å²) in [6.45, 7) is 0. The Balaban J connectivity index is 1.50.